The van der Waals surface area contributed by atoms with Gasteiger partial charge in [-0.3, -0.25) is 0 Å². The molecule has 0 aliphatic carbocycles. The van der Waals surface area contributed by atoms with E-state index in [2.05, 4.69) is 4.99 Å². The number of aliphatic imine (C=N–C) groups is 1. The maximum atomic E-state index is 9.75. The largest absolute Gasteiger partial charge is 0.673 e. The Hall–Kier alpha value is -0.825. The fourth-order valence-electron chi connectivity index (χ4n) is 0.235. The summed E-state index contributed by atoms with van der Waals surface area (Å²) in [5.41, 5.74) is 6.43. The smallest absolute Gasteiger partial charge is 0.418 e. The Kier molecular flexibility index (Phi) is 7.86. The average molecular weight is 190 g/mol. The predicted molar refractivity (Wildman–Crippen MR) is 38.5 cm³/mol. The zero-order chi connectivity index (χ0) is 10.2. The molecule has 0 aromatic heterocycles. The third-order valence-electron chi connectivity index (χ3n) is 0.511. The highest BCUT2D eigenvalue weighted by Crippen LogP contribution is 2.06. The van der Waals surface area contributed by atoms with Gasteiger partial charge in [0.2, 0.25) is 0 Å². The number of quaternary nitrogens is 1. The molecule has 6 N–H and O–H groups in total. The van der Waals surface area contributed by atoms with Crippen LogP contribution in [0.15, 0.2) is 4.99 Å². The molecule has 0 aromatic carbocycles. The summed E-state index contributed by atoms with van der Waals surface area (Å²) in [6, 6.07) is 0. The third kappa shape index (κ3) is 35.2. The summed E-state index contributed by atoms with van der Waals surface area (Å²) in [7, 11) is -6.00. The van der Waals surface area contributed by atoms with E-state index < -0.39 is 7.25 Å². The number of hydrogen-bond donors (Lipinski definition) is 3. The van der Waals surface area contributed by atoms with Crippen LogP contribution in [0.1, 0.15) is 6.92 Å². The predicted octanol–water partition coefficient (Wildman–Crippen LogP) is -0.942. The van der Waals surface area contributed by atoms with Crippen molar-refractivity contribution in [2.24, 2.45) is 16.6 Å². The summed E-state index contributed by atoms with van der Waals surface area (Å²) in [5.74, 6) is 5.38. The van der Waals surface area contributed by atoms with Gasteiger partial charge in [-0.1, -0.05) is 0 Å². The first-order valence-corrected chi connectivity index (χ1v) is 3.03. The monoisotopic (exact) mass is 190 g/mol. The fourth-order valence-corrected chi connectivity index (χ4v) is 0.235. The number of nitrogens with two attached hydrogens (primary N) is 3. The lowest BCUT2D eigenvalue weighted by atomic mass is 10.3. The molecule has 0 saturated heterocycles. The second-order valence-electron chi connectivity index (χ2n) is 1.56. The van der Waals surface area contributed by atoms with Crippen molar-refractivity contribution < 1.29 is 22.7 Å². The Morgan fingerprint density at radius 2 is 1.75 bits per heavy atom. The summed E-state index contributed by atoms with van der Waals surface area (Å²) < 4.78 is 39.0. The van der Waals surface area contributed by atoms with Crippen LogP contribution >= 0.6 is 0 Å². The normalized spacial score (nSPS) is 12.0. The molecule has 0 radical (unpaired) electrons. The van der Waals surface area contributed by atoms with Gasteiger partial charge in [-0.15, -0.1) is 0 Å². The zero-order valence-electron chi connectivity index (χ0n) is 6.48. The van der Waals surface area contributed by atoms with Crippen LogP contribution in [0.4, 0.5) is 17.3 Å². The molecule has 0 spiro atoms. The molecule has 0 saturated carbocycles. The van der Waals surface area contributed by atoms with Crippen LogP contribution in [0.3, 0.4) is 0 Å². The summed E-state index contributed by atoms with van der Waals surface area (Å²) in [6.45, 7) is 2.59. The highest BCUT2D eigenvalue weighted by Gasteiger charge is 2.20. The lowest BCUT2D eigenvalue weighted by Gasteiger charge is -1.94. The van der Waals surface area contributed by atoms with Gasteiger partial charge in [0.15, 0.2) is 0 Å². The first-order valence-electron chi connectivity index (χ1n) is 3.03. The van der Waals surface area contributed by atoms with E-state index in [0.29, 0.717) is 12.5 Å². The van der Waals surface area contributed by atoms with Gasteiger partial charge in [-0.2, -0.15) is 5.84 Å². The molecule has 0 unspecified atom stereocenters. The Labute approximate surface area is 67.1 Å². The van der Waals surface area contributed by atoms with E-state index in [4.69, 9.17) is 11.6 Å². The Morgan fingerprint density at radius 1 is 1.42 bits per heavy atom. The van der Waals surface area contributed by atoms with Gasteiger partial charge in [0, 0.05) is 6.54 Å². The summed E-state index contributed by atoms with van der Waals surface area (Å²) >= 11 is 0. The molecule has 0 aliphatic heterocycles. The third-order valence-corrected chi connectivity index (χ3v) is 0.511. The number of halogens is 4. The highest BCUT2D eigenvalue weighted by molar-refractivity contribution is 6.50. The first kappa shape index (κ1) is 13.7. The van der Waals surface area contributed by atoms with Gasteiger partial charge in [0.25, 0.3) is 0 Å². The Balaban J connectivity index is 0. The second kappa shape index (κ2) is 6.86. The van der Waals surface area contributed by atoms with Crippen LogP contribution in [0, 0.1) is 0 Å². The molecular weight excluding hydrogens is 179 g/mol. The van der Waals surface area contributed by atoms with Crippen molar-refractivity contribution in [2.45, 2.75) is 6.92 Å². The molecule has 0 aromatic rings. The van der Waals surface area contributed by atoms with Gasteiger partial charge in [0.05, 0.1) is 0 Å². The number of hydrogen-bond acceptors (Lipinski definition) is 2. The van der Waals surface area contributed by atoms with E-state index in [-0.39, 0.29) is 0 Å². The maximum Gasteiger partial charge on any atom is 0.673 e. The molecular formula is C3H11BF4N4. The molecule has 12 heavy (non-hydrogen) atoms. The van der Waals surface area contributed by atoms with Crippen LogP contribution in [-0.4, -0.2) is 19.8 Å². The topological polar surface area (TPSA) is 81.0 Å². The molecule has 9 heteroatoms. The van der Waals surface area contributed by atoms with Crippen molar-refractivity contribution in [3.63, 3.8) is 0 Å². The quantitative estimate of drug-likeness (QED) is 0.124. The van der Waals surface area contributed by atoms with E-state index >= 15 is 0 Å². The minimum absolute atomic E-state index is 0.405. The van der Waals surface area contributed by atoms with Crippen molar-refractivity contribution in [1.82, 2.24) is 0 Å². The van der Waals surface area contributed by atoms with Crippen molar-refractivity contribution in [1.29, 1.82) is 0 Å². The molecule has 0 amide bonds. The summed E-state index contributed by atoms with van der Waals surface area (Å²) in [6.07, 6.45) is 0. The summed E-state index contributed by atoms with van der Waals surface area (Å²) in [5, 5.41) is 0. The molecule has 0 rings (SSSR count). The molecule has 0 aliphatic rings. The average Bonchev–Trinajstić information content (AvgIpc) is 1.85. The van der Waals surface area contributed by atoms with Crippen molar-refractivity contribution >= 4 is 13.2 Å². The molecule has 4 nitrogen and oxygen atoms in total. The number of nitrogens with zero attached hydrogens (tertiary/aromatic N) is 1. The van der Waals surface area contributed by atoms with Gasteiger partial charge in [-0.25, -0.2) is 10.4 Å². The minimum atomic E-state index is -6.00. The number of guanidine groups is 1. The second-order valence-corrected chi connectivity index (χ2v) is 1.56. The zero-order valence-corrected chi connectivity index (χ0v) is 6.48. The van der Waals surface area contributed by atoms with E-state index in [1.165, 1.54) is 5.43 Å². The van der Waals surface area contributed by atoms with E-state index in [1.807, 2.05) is 6.92 Å². The highest BCUT2D eigenvalue weighted by atomic mass is 19.5. The van der Waals surface area contributed by atoms with Gasteiger partial charge in [-0.05, 0) is 6.92 Å². The van der Waals surface area contributed by atoms with E-state index in [1.54, 1.807) is 0 Å². The van der Waals surface area contributed by atoms with Crippen LogP contribution in [0.2, 0.25) is 0 Å². The van der Waals surface area contributed by atoms with Gasteiger partial charge >= 0.3 is 13.2 Å². The van der Waals surface area contributed by atoms with E-state index in [9.17, 15) is 17.3 Å². The molecule has 74 valence electrons. The lowest BCUT2D eigenvalue weighted by molar-refractivity contribution is -0.554. The van der Waals surface area contributed by atoms with Crippen LogP contribution in [-0.2, 0) is 0 Å². The Bertz CT molecular complexity index is 129. The van der Waals surface area contributed by atoms with Gasteiger partial charge in [0.1, 0.15) is 0 Å². The molecule has 0 bridgehead atoms. The molecule has 0 fully saturated rings. The van der Waals surface area contributed by atoms with Crippen molar-refractivity contribution in [3.8, 4) is 0 Å². The van der Waals surface area contributed by atoms with Crippen LogP contribution in [0.25, 0.3) is 0 Å². The minimum Gasteiger partial charge on any atom is -0.418 e. The molecule has 0 heterocycles. The van der Waals surface area contributed by atoms with Crippen molar-refractivity contribution in [2.75, 3.05) is 6.54 Å². The Morgan fingerprint density at radius 3 is 1.83 bits per heavy atom. The van der Waals surface area contributed by atoms with Crippen LogP contribution < -0.4 is 17.0 Å². The SMILES string of the molecule is CCN=C(N)[NH2+]N.F[B-](F)(F)F. The standard InChI is InChI=1S/C3H10N4.BF4/c1-2-6-3(4)7-5;2-1(3,4)5/h2,5H2,1H3,(H3,4,6,7);/q;-1/p+1. The first-order chi connectivity index (χ1) is 5.31. The van der Waals surface area contributed by atoms with E-state index in [0.717, 1.165) is 0 Å². The lowest BCUT2D eigenvalue weighted by Crippen LogP contribution is -2.97. The maximum absolute atomic E-state index is 9.75. The summed E-state index contributed by atoms with van der Waals surface area (Å²) in [4.78, 5) is 3.76. The van der Waals surface area contributed by atoms with Gasteiger partial charge < -0.3 is 23.0 Å². The number of rotatable bonds is 1. The fraction of sp³-hybridized carbons (Fsp3) is 0.667. The molecule has 0 atom stereocenters. The van der Waals surface area contributed by atoms with Crippen molar-refractivity contribution in [3.05, 3.63) is 0 Å². The van der Waals surface area contributed by atoms with Crippen LogP contribution in [0.5, 0.6) is 0 Å².